The van der Waals surface area contributed by atoms with Gasteiger partial charge in [-0.15, -0.1) is 0 Å². The number of hydrogen-bond acceptors (Lipinski definition) is 2. The first-order valence-electron chi connectivity index (χ1n) is 8.63. The summed E-state index contributed by atoms with van der Waals surface area (Å²) in [4.78, 5) is 2.54. The number of likely N-dealkylation sites (tertiary alicyclic amines) is 1. The highest BCUT2D eigenvalue weighted by atomic mass is 16.5. The molecule has 1 heterocycles. The summed E-state index contributed by atoms with van der Waals surface area (Å²) in [5, 5.41) is 0. The van der Waals surface area contributed by atoms with Crippen molar-refractivity contribution < 1.29 is 4.74 Å². The van der Waals surface area contributed by atoms with Crippen LogP contribution in [0.1, 0.15) is 47.1 Å². The minimum Gasteiger partial charge on any atom is -0.497 e. The van der Waals surface area contributed by atoms with Crippen molar-refractivity contribution in [2.45, 2.75) is 31.7 Å². The lowest BCUT2D eigenvalue weighted by Gasteiger charge is -2.37. The van der Waals surface area contributed by atoms with E-state index >= 15 is 0 Å². The first-order chi connectivity index (χ1) is 11.2. The number of nitrogens with zero attached hydrogens (tertiary/aromatic N) is 1. The zero-order valence-electron chi connectivity index (χ0n) is 14.3. The number of aryl methyl sites for hydroxylation is 1. The van der Waals surface area contributed by atoms with E-state index in [1.807, 2.05) is 0 Å². The zero-order valence-corrected chi connectivity index (χ0v) is 14.3. The maximum atomic E-state index is 5.49. The molecule has 0 aromatic heterocycles. The predicted octanol–water partition coefficient (Wildman–Crippen LogP) is 4.53. The molecule has 2 aromatic rings. The fourth-order valence-corrected chi connectivity index (χ4v) is 4.67. The topological polar surface area (TPSA) is 12.5 Å². The summed E-state index contributed by atoms with van der Waals surface area (Å²) in [5.74, 6) is 2.17. The Bertz CT molecular complexity index is 706. The standard InChI is InChI=1S/C21H25NO/c1-14-6-8-15(9-7-14)20-17-11-10-16(23-3)13-19(17)21-18(20)5-4-12-22(21)2/h6-11,13,18,20-21H,4-5,12H2,1-3H3. The van der Waals surface area contributed by atoms with Crippen LogP contribution in [0, 0.1) is 12.8 Å². The van der Waals surface area contributed by atoms with Crippen LogP contribution < -0.4 is 4.74 Å². The van der Waals surface area contributed by atoms with Gasteiger partial charge in [-0.05, 0) is 68.1 Å². The van der Waals surface area contributed by atoms with E-state index in [2.05, 4.69) is 61.3 Å². The minimum absolute atomic E-state index is 0.518. The molecule has 0 N–H and O–H groups in total. The first-order valence-corrected chi connectivity index (χ1v) is 8.63. The average molecular weight is 307 g/mol. The molecule has 0 bridgehead atoms. The maximum Gasteiger partial charge on any atom is 0.119 e. The molecule has 1 saturated heterocycles. The molecule has 0 radical (unpaired) electrons. The van der Waals surface area contributed by atoms with Crippen molar-refractivity contribution in [1.82, 2.24) is 4.90 Å². The lowest BCUT2D eigenvalue weighted by Crippen LogP contribution is -2.34. The third-order valence-corrected chi connectivity index (χ3v) is 5.74. The molecule has 4 rings (SSSR count). The molecule has 2 aliphatic rings. The van der Waals surface area contributed by atoms with Gasteiger partial charge in [0.2, 0.25) is 0 Å². The second-order valence-corrected chi connectivity index (χ2v) is 7.11. The smallest absolute Gasteiger partial charge is 0.119 e. The Kier molecular flexibility index (Phi) is 3.65. The van der Waals surface area contributed by atoms with E-state index in [-0.39, 0.29) is 0 Å². The van der Waals surface area contributed by atoms with Crippen molar-refractivity contribution in [2.75, 3.05) is 20.7 Å². The van der Waals surface area contributed by atoms with Crippen molar-refractivity contribution in [3.05, 3.63) is 64.7 Å². The second-order valence-electron chi connectivity index (χ2n) is 7.11. The fraction of sp³-hybridized carbons (Fsp3) is 0.429. The van der Waals surface area contributed by atoms with E-state index in [4.69, 9.17) is 4.74 Å². The van der Waals surface area contributed by atoms with Crippen LogP contribution in [-0.4, -0.2) is 25.6 Å². The molecule has 0 spiro atoms. The summed E-state index contributed by atoms with van der Waals surface area (Å²) >= 11 is 0. The van der Waals surface area contributed by atoms with E-state index < -0.39 is 0 Å². The number of rotatable bonds is 2. The molecular formula is C21H25NO. The molecule has 23 heavy (non-hydrogen) atoms. The molecule has 2 nitrogen and oxygen atoms in total. The lowest BCUT2D eigenvalue weighted by atomic mass is 9.80. The van der Waals surface area contributed by atoms with E-state index in [0.29, 0.717) is 17.9 Å². The summed E-state index contributed by atoms with van der Waals surface area (Å²) in [6, 6.07) is 16.4. The van der Waals surface area contributed by atoms with Crippen molar-refractivity contribution >= 4 is 0 Å². The second kappa shape index (κ2) is 5.68. The van der Waals surface area contributed by atoms with Crippen LogP contribution in [0.15, 0.2) is 42.5 Å². The highest BCUT2D eigenvalue weighted by Gasteiger charge is 2.44. The van der Waals surface area contributed by atoms with Crippen molar-refractivity contribution in [3.8, 4) is 5.75 Å². The van der Waals surface area contributed by atoms with Gasteiger partial charge < -0.3 is 4.74 Å². The van der Waals surface area contributed by atoms with Crippen molar-refractivity contribution in [2.24, 2.45) is 5.92 Å². The van der Waals surface area contributed by atoms with Crippen LogP contribution >= 0.6 is 0 Å². The third kappa shape index (κ3) is 2.36. The van der Waals surface area contributed by atoms with E-state index in [1.54, 1.807) is 7.11 Å². The lowest BCUT2D eigenvalue weighted by molar-refractivity contribution is 0.126. The quantitative estimate of drug-likeness (QED) is 0.808. The molecule has 2 heteroatoms. The Labute approximate surface area is 139 Å². The van der Waals surface area contributed by atoms with Crippen molar-refractivity contribution in [3.63, 3.8) is 0 Å². The molecule has 1 aliphatic heterocycles. The normalized spacial score (nSPS) is 26.7. The van der Waals surface area contributed by atoms with E-state index in [0.717, 1.165) is 5.75 Å². The van der Waals surface area contributed by atoms with Gasteiger partial charge in [0.1, 0.15) is 5.75 Å². The van der Waals surface area contributed by atoms with Gasteiger partial charge in [0.25, 0.3) is 0 Å². The minimum atomic E-state index is 0.518. The van der Waals surface area contributed by atoms with Gasteiger partial charge in [0.15, 0.2) is 0 Å². The average Bonchev–Trinajstić information content (AvgIpc) is 2.90. The largest absolute Gasteiger partial charge is 0.497 e. The molecule has 3 unspecified atom stereocenters. The number of ether oxygens (including phenoxy) is 1. The van der Waals surface area contributed by atoms with Crippen molar-refractivity contribution in [1.29, 1.82) is 0 Å². The van der Waals surface area contributed by atoms with E-state index in [1.165, 1.54) is 41.6 Å². The Morgan fingerprint density at radius 3 is 2.57 bits per heavy atom. The van der Waals surface area contributed by atoms with Crippen LogP contribution in [0.4, 0.5) is 0 Å². The predicted molar refractivity (Wildman–Crippen MR) is 94.1 cm³/mol. The highest BCUT2D eigenvalue weighted by molar-refractivity contribution is 5.49. The van der Waals surface area contributed by atoms with Gasteiger partial charge in [0.05, 0.1) is 7.11 Å². The summed E-state index contributed by atoms with van der Waals surface area (Å²) in [5.41, 5.74) is 5.77. The molecule has 0 saturated carbocycles. The highest BCUT2D eigenvalue weighted by Crippen LogP contribution is 2.54. The van der Waals surface area contributed by atoms with Crippen LogP contribution in [0.25, 0.3) is 0 Å². The molecule has 120 valence electrons. The number of methoxy groups -OCH3 is 1. The van der Waals surface area contributed by atoms with Gasteiger partial charge in [-0.2, -0.15) is 0 Å². The maximum absolute atomic E-state index is 5.49. The Morgan fingerprint density at radius 2 is 1.83 bits per heavy atom. The van der Waals surface area contributed by atoms with Gasteiger partial charge >= 0.3 is 0 Å². The van der Waals surface area contributed by atoms with Crippen LogP contribution in [0.5, 0.6) is 5.75 Å². The molecule has 2 aromatic carbocycles. The SMILES string of the molecule is COc1ccc2c(c1)C1C(CCCN1C)C2c1ccc(C)cc1. The summed E-state index contributed by atoms with van der Waals surface area (Å²) in [7, 11) is 4.04. The number of benzene rings is 2. The monoisotopic (exact) mass is 307 g/mol. The fourth-order valence-electron chi connectivity index (χ4n) is 4.67. The Balaban J connectivity index is 1.85. The van der Waals surface area contributed by atoms with Gasteiger partial charge in [-0.25, -0.2) is 0 Å². The van der Waals surface area contributed by atoms with Crippen LogP contribution in [-0.2, 0) is 0 Å². The molecule has 0 amide bonds. The molecule has 1 fully saturated rings. The zero-order chi connectivity index (χ0) is 16.0. The van der Waals surface area contributed by atoms with Gasteiger partial charge in [0, 0.05) is 12.0 Å². The van der Waals surface area contributed by atoms with Gasteiger partial charge in [-0.1, -0.05) is 35.9 Å². The molecule has 3 atom stereocenters. The van der Waals surface area contributed by atoms with Gasteiger partial charge in [-0.3, -0.25) is 4.90 Å². The number of piperidine rings is 1. The first kappa shape index (κ1) is 14.8. The summed E-state index contributed by atoms with van der Waals surface area (Å²) in [6.45, 7) is 3.35. The number of hydrogen-bond donors (Lipinski definition) is 0. The Hall–Kier alpha value is -1.80. The Morgan fingerprint density at radius 1 is 1.04 bits per heavy atom. The summed E-state index contributed by atoms with van der Waals surface area (Å²) < 4.78 is 5.49. The van der Waals surface area contributed by atoms with E-state index in [9.17, 15) is 0 Å². The van der Waals surface area contributed by atoms with Crippen LogP contribution in [0.3, 0.4) is 0 Å². The van der Waals surface area contributed by atoms with Crippen LogP contribution in [0.2, 0.25) is 0 Å². The third-order valence-electron chi connectivity index (χ3n) is 5.74. The summed E-state index contributed by atoms with van der Waals surface area (Å²) in [6.07, 6.45) is 2.61. The molecule has 1 aliphatic carbocycles. The number of fused-ring (bicyclic) bond motifs is 3. The molecular weight excluding hydrogens is 282 g/mol.